The summed E-state index contributed by atoms with van der Waals surface area (Å²) in [6, 6.07) is 0.568. The Kier molecular flexibility index (Phi) is 4.15. The van der Waals surface area contributed by atoms with Crippen LogP contribution in [0.4, 0.5) is 0 Å². The van der Waals surface area contributed by atoms with Crippen molar-refractivity contribution >= 4 is 11.7 Å². The molecular formula is C13H22N2O2. The summed E-state index contributed by atoms with van der Waals surface area (Å²) in [7, 11) is 0. The second kappa shape index (κ2) is 5.63. The van der Waals surface area contributed by atoms with Crippen LogP contribution in [0.15, 0.2) is 0 Å². The maximum absolute atomic E-state index is 12.0. The molecule has 1 amide bonds. The van der Waals surface area contributed by atoms with Crippen molar-refractivity contribution in [3.8, 4) is 0 Å². The molecule has 96 valence electrons. The van der Waals surface area contributed by atoms with Crippen LogP contribution in [-0.2, 0) is 9.59 Å². The van der Waals surface area contributed by atoms with Gasteiger partial charge in [0.1, 0.15) is 5.78 Å². The Morgan fingerprint density at radius 1 is 1.12 bits per heavy atom. The first kappa shape index (κ1) is 12.6. The van der Waals surface area contributed by atoms with Crippen molar-refractivity contribution < 1.29 is 9.59 Å². The minimum atomic E-state index is 0.107. The van der Waals surface area contributed by atoms with Gasteiger partial charge in [-0.05, 0) is 32.7 Å². The first-order valence-corrected chi connectivity index (χ1v) is 6.68. The van der Waals surface area contributed by atoms with E-state index < -0.39 is 0 Å². The van der Waals surface area contributed by atoms with Crippen molar-refractivity contribution in [3.05, 3.63) is 0 Å². The Morgan fingerprint density at radius 3 is 2.65 bits per heavy atom. The fraction of sp³-hybridized carbons (Fsp3) is 0.846. The third-order valence-electron chi connectivity index (χ3n) is 3.85. The van der Waals surface area contributed by atoms with Crippen LogP contribution in [0.1, 0.15) is 39.0 Å². The van der Waals surface area contributed by atoms with Crippen LogP contribution < -0.4 is 0 Å². The van der Waals surface area contributed by atoms with E-state index in [1.54, 1.807) is 6.92 Å². The van der Waals surface area contributed by atoms with Gasteiger partial charge in [-0.2, -0.15) is 0 Å². The second-order valence-electron chi connectivity index (χ2n) is 5.23. The van der Waals surface area contributed by atoms with Crippen molar-refractivity contribution in [3.63, 3.8) is 0 Å². The Bertz CT molecular complexity index is 304. The molecule has 1 unspecified atom stereocenters. The summed E-state index contributed by atoms with van der Waals surface area (Å²) in [4.78, 5) is 27.4. The van der Waals surface area contributed by atoms with E-state index >= 15 is 0 Å². The third-order valence-corrected chi connectivity index (χ3v) is 3.85. The van der Waals surface area contributed by atoms with E-state index in [0.717, 1.165) is 26.1 Å². The lowest BCUT2D eigenvalue weighted by Crippen LogP contribution is -2.39. The summed E-state index contributed by atoms with van der Waals surface area (Å²) in [6.07, 6.45) is 4.34. The van der Waals surface area contributed by atoms with Gasteiger partial charge in [-0.3, -0.25) is 9.69 Å². The Morgan fingerprint density at radius 2 is 1.88 bits per heavy atom. The molecule has 2 aliphatic heterocycles. The monoisotopic (exact) mass is 238 g/mol. The van der Waals surface area contributed by atoms with E-state index in [-0.39, 0.29) is 11.7 Å². The van der Waals surface area contributed by atoms with Gasteiger partial charge in [0.2, 0.25) is 5.91 Å². The molecule has 17 heavy (non-hydrogen) atoms. The Labute approximate surface area is 103 Å². The molecule has 2 saturated heterocycles. The van der Waals surface area contributed by atoms with Crippen molar-refractivity contribution in [2.75, 3.05) is 26.2 Å². The predicted octanol–water partition coefficient (Wildman–Crippen LogP) is 1.05. The molecule has 0 spiro atoms. The molecule has 0 N–H and O–H groups in total. The molecule has 2 aliphatic rings. The molecule has 1 atom stereocenters. The summed E-state index contributed by atoms with van der Waals surface area (Å²) in [5.41, 5.74) is 0. The number of rotatable bonds is 3. The molecule has 2 rings (SSSR count). The smallest absolute Gasteiger partial charge is 0.223 e. The molecule has 2 heterocycles. The van der Waals surface area contributed by atoms with Crippen molar-refractivity contribution in [2.45, 2.75) is 45.1 Å². The van der Waals surface area contributed by atoms with Crippen LogP contribution in [0, 0.1) is 0 Å². The molecule has 0 saturated carbocycles. The molecule has 0 aromatic heterocycles. The molecule has 4 heteroatoms. The SMILES string of the molecule is CC(=O)CCC(=O)N1CCCN2CCCC2C1. The normalized spacial score (nSPS) is 25.5. The zero-order chi connectivity index (χ0) is 12.3. The van der Waals surface area contributed by atoms with Gasteiger partial charge in [-0.15, -0.1) is 0 Å². The summed E-state index contributed by atoms with van der Waals surface area (Å²) >= 11 is 0. The third kappa shape index (κ3) is 3.28. The number of ketones is 1. The van der Waals surface area contributed by atoms with Crippen LogP contribution >= 0.6 is 0 Å². The number of fused-ring (bicyclic) bond motifs is 1. The highest BCUT2D eigenvalue weighted by Gasteiger charge is 2.30. The van der Waals surface area contributed by atoms with Gasteiger partial charge in [-0.1, -0.05) is 0 Å². The van der Waals surface area contributed by atoms with Crippen LogP contribution in [0.5, 0.6) is 0 Å². The predicted molar refractivity (Wildman–Crippen MR) is 65.7 cm³/mol. The topological polar surface area (TPSA) is 40.6 Å². The van der Waals surface area contributed by atoms with E-state index in [1.165, 1.54) is 19.4 Å². The highest BCUT2D eigenvalue weighted by Crippen LogP contribution is 2.21. The summed E-state index contributed by atoms with van der Waals surface area (Å²) in [5, 5.41) is 0. The van der Waals surface area contributed by atoms with Gasteiger partial charge in [0.15, 0.2) is 0 Å². The van der Waals surface area contributed by atoms with E-state index in [1.807, 2.05) is 4.90 Å². The standard InChI is InChI=1S/C13H22N2O2/c1-11(16)5-6-13(17)15-9-3-8-14-7-2-4-12(14)10-15/h12H,2-10H2,1H3. The number of carbonyl (C=O) groups is 2. The number of carbonyl (C=O) groups excluding carboxylic acids is 2. The molecule has 0 aliphatic carbocycles. The zero-order valence-corrected chi connectivity index (χ0v) is 10.7. The Hall–Kier alpha value is -0.900. The van der Waals surface area contributed by atoms with Gasteiger partial charge >= 0.3 is 0 Å². The molecule has 0 bridgehead atoms. The zero-order valence-electron chi connectivity index (χ0n) is 10.7. The van der Waals surface area contributed by atoms with Crippen LogP contribution in [-0.4, -0.2) is 53.7 Å². The minimum Gasteiger partial charge on any atom is -0.341 e. The second-order valence-corrected chi connectivity index (χ2v) is 5.23. The molecule has 4 nitrogen and oxygen atoms in total. The van der Waals surface area contributed by atoms with Crippen molar-refractivity contribution in [1.82, 2.24) is 9.80 Å². The fourth-order valence-corrected chi connectivity index (χ4v) is 2.87. The van der Waals surface area contributed by atoms with Gasteiger partial charge in [0, 0.05) is 38.5 Å². The van der Waals surface area contributed by atoms with E-state index in [4.69, 9.17) is 0 Å². The lowest BCUT2D eigenvalue weighted by Gasteiger charge is -2.25. The van der Waals surface area contributed by atoms with Crippen LogP contribution in [0.3, 0.4) is 0 Å². The molecule has 2 fully saturated rings. The number of hydrogen-bond acceptors (Lipinski definition) is 3. The van der Waals surface area contributed by atoms with Gasteiger partial charge in [0.25, 0.3) is 0 Å². The fourth-order valence-electron chi connectivity index (χ4n) is 2.87. The van der Waals surface area contributed by atoms with Gasteiger partial charge in [0.05, 0.1) is 0 Å². The highest BCUT2D eigenvalue weighted by atomic mass is 16.2. The average molecular weight is 238 g/mol. The first-order chi connectivity index (χ1) is 8.16. The molecule has 0 radical (unpaired) electrons. The molecule has 0 aromatic rings. The molecular weight excluding hydrogens is 216 g/mol. The summed E-state index contributed by atoms with van der Waals surface area (Å²) in [6.45, 7) is 5.61. The first-order valence-electron chi connectivity index (χ1n) is 6.68. The van der Waals surface area contributed by atoms with Crippen molar-refractivity contribution in [2.24, 2.45) is 0 Å². The van der Waals surface area contributed by atoms with E-state index in [0.29, 0.717) is 18.9 Å². The highest BCUT2D eigenvalue weighted by molar-refractivity contribution is 5.83. The average Bonchev–Trinajstić information content (AvgIpc) is 2.63. The van der Waals surface area contributed by atoms with Crippen LogP contribution in [0.25, 0.3) is 0 Å². The van der Waals surface area contributed by atoms with E-state index in [2.05, 4.69) is 4.90 Å². The number of Topliss-reactive ketones (excluding diaryl/α,β-unsaturated/α-hetero) is 1. The quantitative estimate of drug-likeness (QED) is 0.738. The number of hydrogen-bond donors (Lipinski definition) is 0. The largest absolute Gasteiger partial charge is 0.341 e. The lowest BCUT2D eigenvalue weighted by atomic mass is 10.2. The summed E-state index contributed by atoms with van der Waals surface area (Å²) in [5.74, 6) is 0.268. The summed E-state index contributed by atoms with van der Waals surface area (Å²) < 4.78 is 0. The number of nitrogens with zero attached hydrogens (tertiary/aromatic N) is 2. The molecule has 0 aromatic carbocycles. The lowest BCUT2D eigenvalue weighted by molar-refractivity contribution is -0.133. The van der Waals surface area contributed by atoms with Gasteiger partial charge < -0.3 is 9.69 Å². The Balaban J connectivity index is 1.87. The maximum Gasteiger partial charge on any atom is 0.223 e. The van der Waals surface area contributed by atoms with E-state index in [9.17, 15) is 9.59 Å². The maximum atomic E-state index is 12.0. The minimum absolute atomic E-state index is 0.107. The van der Waals surface area contributed by atoms with Crippen LogP contribution in [0.2, 0.25) is 0 Å². The van der Waals surface area contributed by atoms with Gasteiger partial charge in [-0.25, -0.2) is 0 Å². The number of amides is 1. The van der Waals surface area contributed by atoms with Crippen molar-refractivity contribution in [1.29, 1.82) is 0 Å².